The van der Waals surface area contributed by atoms with E-state index in [1.54, 1.807) is 0 Å². The lowest BCUT2D eigenvalue weighted by Crippen LogP contribution is -2.49. The molecule has 0 bridgehead atoms. The molecule has 5 heteroatoms. The first kappa shape index (κ1) is 15.3. The van der Waals surface area contributed by atoms with E-state index in [1.165, 1.54) is 0 Å². The molecule has 1 saturated heterocycles. The molecule has 0 aliphatic carbocycles. The lowest BCUT2D eigenvalue weighted by Gasteiger charge is -2.29. The third-order valence-corrected chi connectivity index (χ3v) is 3.86. The maximum Gasteiger partial charge on any atom is 0.250 e. The normalized spacial score (nSPS) is 19.6. The number of rotatable bonds is 4. The Labute approximate surface area is 124 Å². The summed E-state index contributed by atoms with van der Waals surface area (Å²) in [4.78, 5) is 12.1. The number of amides is 1. The molecular weight excluding hydrogens is 276 g/mol. The van der Waals surface area contributed by atoms with Gasteiger partial charge in [-0.25, -0.2) is 0 Å². The van der Waals surface area contributed by atoms with E-state index in [-0.39, 0.29) is 11.3 Å². The molecule has 1 heterocycles. The minimum Gasteiger partial charge on any atom is -0.366 e. The highest BCUT2D eigenvalue weighted by Crippen LogP contribution is 2.28. The van der Waals surface area contributed by atoms with Gasteiger partial charge < -0.3 is 15.4 Å². The number of carbonyl (C=O) groups excluding carboxylic acids is 1. The number of nitrogens with one attached hydrogen (secondary N) is 2. The van der Waals surface area contributed by atoms with E-state index in [2.05, 4.69) is 24.5 Å². The molecule has 1 amide bonds. The van der Waals surface area contributed by atoms with Crippen molar-refractivity contribution in [3.8, 4) is 0 Å². The third-order valence-electron chi connectivity index (χ3n) is 3.53. The fraction of sp³-hybridized carbons (Fsp3) is 0.533. The Hall–Kier alpha value is -1.10. The van der Waals surface area contributed by atoms with Gasteiger partial charge in [0.05, 0.1) is 6.61 Å². The van der Waals surface area contributed by atoms with E-state index in [4.69, 9.17) is 16.3 Å². The molecule has 1 atom stereocenters. The molecule has 0 spiro atoms. The Morgan fingerprint density at radius 1 is 1.50 bits per heavy atom. The fourth-order valence-electron chi connectivity index (χ4n) is 2.26. The standard InChI is InChI=1S/C15H21ClN2O2/c1-15(2,11-5-3-4-6-12(11)16)10-18-14(19)13-9-17-7-8-20-13/h3-6,13,17H,7-10H2,1-2H3,(H,18,19). The first-order valence-corrected chi connectivity index (χ1v) is 7.23. The number of hydrogen-bond acceptors (Lipinski definition) is 3. The van der Waals surface area contributed by atoms with E-state index in [9.17, 15) is 4.79 Å². The average molecular weight is 297 g/mol. The van der Waals surface area contributed by atoms with Gasteiger partial charge in [0.2, 0.25) is 5.91 Å². The first-order chi connectivity index (χ1) is 9.50. The Bertz CT molecular complexity index is 471. The van der Waals surface area contributed by atoms with Gasteiger partial charge in [0.1, 0.15) is 6.10 Å². The number of hydrogen-bond donors (Lipinski definition) is 2. The van der Waals surface area contributed by atoms with Gasteiger partial charge in [-0.05, 0) is 11.6 Å². The molecule has 20 heavy (non-hydrogen) atoms. The summed E-state index contributed by atoms with van der Waals surface area (Å²) in [6.45, 7) is 6.59. The fourth-order valence-corrected chi connectivity index (χ4v) is 2.65. The van der Waals surface area contributed by atoms with Crippen molar-refractivity contribution in [2.45, 2.75) is 25.4 Å². The highest BCUT2D eigenvalue weighted by Gasteiger charge is 2.27. The van der Waals surface area contributed by atoms with Crippen molar-refractivity contribution in [2.24, 2.45) is 0 Å². The predicted molar refractivity (Wildman–Crippen MR) is 80.1 cm³/mol. The zero-order valence-electron chi connectivity index (χ0n) is 11.9. The Kier molecular flexibility index (Phi) is 5.02. The molecule has 0 aromatic heterocycles. The van der Waals surface area contributed by atoms with E-state index in [0.29, 0.717) is 19.7 Å². The van der Waals surface area contributed by atoms with Gasteiger partial charge in [-0.3, -0.25) is 4.79 Å². The van der Waals surface area contributed by atoms with Crippen LogP contribution in [0.1, 0.15) is 19.4 Å². The summed E-state index contributed by atoms with van der Waals surface area (Å²) < 4.78 is 5.43. The van der Waals surface area contributed by atoms with Crippen molar-refractivity contribution in [3.63, 3.8) is 0 Å². The second kappa shape index (κ2) is 6.57. The molecule has 2 rings (SSSR count). The van der Waals surface area contributed by atoms with Crippen LogP contribution < -0.4 is 10.6 Å². The number of halogens is 1. The lowest BCUT2D eigenvalue weighted by atomic mass is 9.84. The van der Waals surface area contributed by atoms with E-state index in [1.807, 2.05) is 24.3 Å². The average Bonchev–Trinajstić information content (AvgIpc) is 2.46. The molecule has 4 nitrogen and oxygen atoms in total. The quantitative estimate of drug-likeness (QED) is 0.889. The van der Waals surface area contributed by atoms with Crippen molar-refractivity contribution in [2.75, 3.05) is 26.2 Å². The van der Waals surface area contributed by atoms with Crippen molar-refractivity contribution in [1.82, 2.24) is 10.6 Å². The highest BCUT2D eigenvalue weighted by molar-refractivity contribution is 6.31. The van der Waals surface area contributed by atoms with Crippen LogP contribution in [-0.4, -0.2) is 38.3 Å². The molecule has 110 valence electrons. The van der Waals surface area contributed by atoms with Gasteiger partial charge in [0.25, 0.3) is 0 Å². The number of ether oxygens (including phenoxy) is 1. The largest absolute Gasteiger partial charge is 0.366 e. The first-order valence-electron chi connectivity index (χ1n) is 6.86. The summed E-state index contributed by atoms with van der Waals surface area (Å²) in [6, 6.07) is 7.72. The second-order valence-corrected chi connectivity index (χ2v) is 6.05. The maximum atomic E-state index is 12.1. The highest BCUT2D eigenvalue weighted by atomic mass is 35.5. The number of morpholine rings is 1. The molecule has 1 aliphatic rings. The molecule has 1 aromatic carbocycles. The summed E-state index contributed by atoms with van der Waals surface area (Å²) in [6.07, 6.45) is -0.397. The summed E-state index contributed by atoms with van der Waals surface area (Å²) in [5, 5.41) is 6.83. The lowest BCUT2D eigenvalue weighted by molar-refractivity contribution is -0.134. The molecular formula is C15H21ClN2O2. The molecule has 0 saturated carbocycles. The van der Waals surface area contributed by atoms with E-state index >= 15 is 0 Å². The molecule has 1 fully saturated rings. The van der Waals surface area contributed by atoms with Gasteiger partial charge in [0.15, 0.2) is 0 Å². The van der Waals surface area contributed by atoms with Gasteiger partial charge in [-0.1, -0.05) is 43.6 Å². The monoisotopic (exact) mass is 296 g/mol. The van der Waals surface area contributed by atoms with Crippen LogP contribution in [0.25, 0.3) is 0 Å². The van der Waals surface area contributed by atoms with Gasteiger partial charge >= 0.3 is 0 Å². The van der Waals surface area contributed by atoms with Crippen molar-refractivity contribution in [3.05, 3.63) is 34.9 Å². The molecule has 1 aromatic rings. The Morgan fingerprint density at radius 2 is 2.25 bits per heavy atom. The third kappa shape index (κ3) is 3.72. The summed E-state index contributed by atoms with van der Waals surface area (Å²) in [7, 11) is 0. The maximum absolute atomic E-state index is 12.1. The van der Waals surface area contributed by atoms with Gasteiger partial charge in [-0.15, -0.1) is 0 Å². The number of benzene rings is 1. The van der Waals surface area contributed by atoms with Gasteiger partial charge in [-0.2, -0.15) is 0 Å². The molecule has 2 N–H and O–H groups in total. The van der Waals surface area contributed by atoms with Crippen LogP contribution in [0.3, 0.4) is 0 Å². The minimum absolute atomic E-state index is 0.0719. The van der Waals surface area contributed by atoms with Crippen molar-refractivity contribution >= 4 is 17.5 Å². The minimum atomic E-state index is -0.397. The van der Waals surface area contributed by atoms with Crippen LogP contribution in [0.5, 0.6) is 0 Å². The summed E-state index contributed by atoms with van der Waals surface area (Å²) in [5.41, 5.74) is 0.806. The molecule has 1 aliphatic heterocycles. The zero-order valence-corrected chi connectivity index (χ0v) is 12.7. The molecule has 0 radical (unpaired) electrons. The molecule has 1 unspecified atom stereocenters. The van der Waals surface area contributed by atoms with Crippen LogP contribution in [0.15, 0.2) is 24.3 Å². The topological polar surface area (TPSA) is 50.4 Å². The Morgan fingerprint density at radius 3 is 2.90 bits per heavy atom. The van der Waals surface area contributed by atoms with Crippen LogP contribution in [0.2, 0.25) is 5.02 Å². The second-order valence-electron chi connectivity index (χ2n) is 5.65. The van der Waals surface area contributed by atoms with Crippen LogP contribution in [0, 0.1) is 0 Å². The Balaban J connectivity index is 1.95. The SMILES string of the molecule is CC(C)(CNC(=O)C1CNCCO1)c1ccccc1Cl. The van der Waals surface area contributed by atoms with Crippen molar-refractivity contribution < 1.29 is 9.53 Å². The summed E-state index contributed by atoms with van der Waals surface area (Å²) in [5.74, 6) is -0.0719. The van der Waals surface area contributed by atoms with Crippen LogP contribution in [-0.2, 0) is 14.9 Å². The number of carbonyl (C=O) groups is 1. The van der Waals surface area contributed by atoms with Crippen LogP contribution >= 0.6 is 11.6 Å². The van der Waals surface area contributed by atoms with Gasteiger partial charge in [0, 0.05) is 30.1 Å². The van der Waals surface area contributed by atoms with E-state index < -0.39 is 6.10 Å². The van der Waals surface area contributed by atoms with Crippen molar-refractivity contribution in [1.29, 1.82) is 0 Å². The van der Waals surface area contributed by atoms with E-state index in [0.717, 1.165) is 17.1 Å². The zero-order chi connectivity index (χ0) is 14.6. The van der Waals surface area contributed by atoms with Crippen LogP contribution in [0.4, 0.5) is 0 Å². The summed E-state index contributed by atoms with van der Waals surface area (Å²) >= 11 is 6.23. The predicted octanol–water partition coefficient (Wildman–Crippen LogP) is 1.72. The smallest absolute Gasteiger partial charge is 0.250 e.